The summed E-state index contributed by atoms with van der Waals surface area (Å²) in [6.45, 7) is 0.309. The normalized spacial score (nSPS) is 21.8. The molecular weight excluding hydrogens is 286 g/mol. The first-order valence-electron chi connectivity index (χ1n) is 7.11. The zero-order valence-corrected chi connectivity index (χ0v) is 12.2. The Morgan fingerprint density at radius 2 is 2.23 bits per heavy atom. The van der Waals surface area contributed by atoms with Crippen molar-refractivity contribution in [2.75, 3.05) is 13.7 Å². The van der Waals surface area contributed by atoms with Gasteiger partial charge in [-0.2, -0.15) is 5.10 Å². The summed E-state index contributed by atoms with van der Waals surface area (Å²) < 4.78 is 6.37. The lowest BCUT2D eigenvalue weighted by Gasteiger charge is -2.35. The largest absolute Gasteiger partial charge is 0.467 e. The summed E-state index contributed by atoms with van der Waals surface area (Å²) in [6, 6.07) is 4.68. The van der Waals surface area contributed by atoms with Crippen molar-refractivity contribution in [1.82, 2.24) is 14.5 Å². The van der Waals surface area contributed by atoms with Gasteiger partial charge >= 0.3 is 5.97 Å². The molecule has 22 heavy (non-hydrogen) atoms. The van der Waals surface area contributed by atoms with Gasteiger partial charge in [0.2, 0.25) is 0 Å². The third kappa shape index (κ3) is 2.43. The van der Waals surface area contributed by atoms with Gasteiger partial charge in [-0.3, -0.25) is 4.79 Å². The summed E-state index contributed by atoms with van der Waals surface area (Å²) in [5, 5.41) is 13.9. The van der Waals surface area contributed by atoms with Gasteiger partial charge in [-0.05, 0) is 18.6 Å². The number of hydrogen-bond acceptors (Lipinski definition) is 5. The van der Waals surface area contributed by atoms with Crippen molar-refractivity contribution in [1.29, 1.82) is 0 Å². The van der Waals surface area contributed by atoms with Crippen LogP contribution < -0.4 is 0 Å². The number of methoxy groups -OCH3 is 1. The Kier molecular flexibility index (Phi) is 3.81. The van der Waals surface area contributed by atoms with E-state index in [0.717, 1.165) is 0 Å². The first-order chi connectivity index (χ1) is 10.6. The third-order valence-corrected chi connectivity index (χ3v) is 3.97. The second-order valence-corrected chi connectivity index (χ2v) is 5.30. The van der Waals surface area contributed by atoms with Crippen LogP contribution in [-0.4, -0.2) is 57.3 Å². The summed E-state index contributed by atoms with van der Waals surface area (Å²) in [5.41, 5.74) is 1.12. The number of hydrogen-bond donors (Lipinski definition) is 1. The van der Waals surface area contributed by atoms with Crippen LogP contribution in [0.4, 0.5) is 0 Å². The molecule has 7 heteroatoms. The minimum absolute atomic E-state index is 0.192. The van der Waals surface area contributed by atoms with Gasteiger partial charge in [0.25, 0.3) is 5.91 Å². The predicted octanol–water partition coefficient (Wildman–Crippen LogP) is 0.473. The van der Waals surface area contributed by atoms with Crippen LogP contribution >= 0.6 is 0 Å². The second kappa shape index (κ2) is 5.76. The number of carbonyl (C=O) groups excluding carboxylic acids is 2. The summed E-state index contributed by atoms with van der Waals surface area (Å²) in [5.74, 6) is -0.785. The molecule has 1 aliphatic rings. The van der Waals surface area contributed by atoms with E-state index >= 15 is 0 Å². The smallest absolute Gasteiger partial charge is 0.328 e. The molecule has 1 N–H and O–H groups in total. The van der Waals surface area contributed by atoms with E-state index in [9.17, 15) is 14.7 Å². The number of pyridine rings is 1. The van der Waals surface area contributed by atoms with Crippen LogP contribution in [0.2, 0.25) is 0 Å². The molecule has 116 valence electrons. The molecule has 0 bridgehead atoms. The SMILES string of the molecule is COC(=O)[C@H]1C[C@@H](O)CCN1C(=O)c1cnn2ccccc12. The van der Waals surface area contributed by atoms with Crippen LogP contribution in [0.5, 0.6) is 0 Å². The fourth-order valence-electron chi connectivity index (χ4n) is 2.80. The summed E-state index contributed by atoms with van der Waals surface area (Å²) in [4.78, 5) is 26.2. The Balaban J connectivity index is 1.94. The molecule has 0 aliphatic carbocycles. The molecule has 2 aromatic heterocycles. The maximum Gasteiger partial charge on any atom is 0.328 e. The van der Waals surface area contributed by atoms with Gasteiger partial charge in [-0.15, -0.1) is 0 Å². The van der Waals surface area contributed by atoms with Crippen molar-refractivity contribution in [2.24, 2.45) is 0 Å². The number of nitrogens with zero attached hydrogens (tertiary/aromatic N) is 3. The molecule has 2 atom stereocenters. The highest BCUT2D eigenvalue weighted by molar-refractivity contribution is 6.02. The van der Waals surface area contributed by atoms with E-state index in [1.807, 2.05) is 12.1 Å². The fraction of sp³-hybridized carbons (Fsp3) is 0.400. The number of esters is 1. The van der Waals surface area contributed by atoms with Crippen molar-refractivity contribution in [3.63, 3.8) is 0 Å². The highest BCUT2D eigenvalue weighted by atomic mass is 16.5. The number of aliphatic hydroxyl groups excluding tert-OH is 1. The first-order valence-corrected chi connectivity index (χ1v) is 7.11. The van der Waals surface area contributed by atoms with Crippen LogP contribution in [-0.2, 0) is 9.53 Å². The minimum Gasteiger partial charge on any atom is -0.467 e. The highest BCUT2D eigenvalue weighted by Crippen LogP contribution is 2.22. The molecule has 2 aromatic rings. The van der Waals surface area contributed by atoms with E-state index in [0.29, 0.717) is 24.0 Å². The lowest BCUT2D eigenvalue weighted by Crippen LogP contribution is -2.51. The average Bonchev–Trinajstić information content (AvgIpc) is 2.97. The Hall–Kier alpha value is -2.41. The van der Waals surface area contributed by atoms with E-state index in [4.69, 9.17) is 4.74 Å². The molecule has 1 aliphatic heterocycles. The predicted molar refractivity (Wildman–Crippen MR) is 77.3 cm³/mol. The van der Waals surface area contributed by atoms with Crippen LogP contribution in [0.3, 0.4) is 0 Å². The molecule has 0 unspecified atom stereocenters. The van der Waals surface area contributed by atoms with Gasteiger partial charge in [0.15, 0.2) is 0 Å². The number of piperidine rings is 1. The second-order valence-electron chi connectivity index (χ2n) is 5.30. The number of likely N-dealkylation sites (tertiary alicyclic amines) is 1. The number of ether oxygens (including phenoxy) is 1. The molecule has 0 radical (unpaired) electrons. The van der Waals surface area contributed by atoms with E-state index in [-0.39, 0.29) is 12.3 Å². The van der Waals surface area contributed by atoms with Gasteiger partial charge < -0.3 is 14.7 Å². The Morgan fingerprint density at radius 1 is 1.41 bits per heavy atom. The fourth-order valence-corrected chi connectivity index (χ4v) is 2.80. The number of fused-ring (bicyclic) bond motifs is 1. The van der Waals surface area contributed by atoms with E-state index in [2.05, 4.69) is 5.10 Å². The summed E-state index contributed by atoms with van der Waals surface area (Å²) >= 11 is 0. The highest BCUT2D eigenvalue weighted by Gasteiger charge is 2.37. The van der Waals surface area contributed by atoms with E-state index in [1.165, 1.54) is 18.2 Å². The minimum atomic E-state index is -0.764. The standard InChI is InChI=1S/C15H17N3O4/c1-22-15(21)13-8-10(19)5-7-17(13)14(20)11-9-16-18-6-3-2-4-12(11)18/h2-4,6,9-10,13,19H,5,7-8H2,1H3/t10-,13+/m0/s1. The van der Waals surface area contributed by atoms with Crippen molar-refractivity contribution < 1.29 is 19.4 Å². The van der Waals surface area contributed by atoms with Crippen LogP contribution in [0.25, 0.3) is 5.52 Å². The first kappa shape index (κ1) is 14.5. The molecule has 0 saturated carbocycles. The quantitative estimate of drug-likeness (QED) is 0.815. The Labute approximate surface area is 127 Å². The number of aromatic nitrogens is 2. The molecule has 3 heterocycles. The van der Waals surface area contributed by atoms with E-state index in [1.54, 1.807) is 16.8 Å². The van der Waals surface area contributed by atoms with Crippen LogP contribution in [0.15, 0.2) is 30.6 Å². The van der Waals surface area contributed by atoms with Crippen molar-refractivity contribution in [3.8, 4) is 0 Å². The zero-order valence-electron chi connectivity index (χ0n) is 12.2. The van der Waals surface area contributed by atoms with Gasteiger partial charge in [0, 0.05) is 19.2 Å². The van der Waals surface area contributed by atoms with Gasteiger partial charge in [-0.25, -0.2) is 9.31 Å². The zero-order chi connectivity index (χ0) is 15.7. The molecule has 1 fully saturated rings. The molecule has 7 nitrogen and oxygen atoms in total. The molecule has 3 rings (SSSR count). The van der Waals surface area contributed by atoms with Crippen molar-refractivity contribution in [2.45, 2.75) is 25.0 Å². The number of rotatable bonds is 2. The van der Waals surface area contributed by atoms with Crippen LogP contribution in [0, 0.1) is 0 Å². The molecule has 0 aromatic carbocycles. The number of amides is 1. The maximum absolute atomic E-state index is 12.8. The van der Waals surface area contributed by atoms with Gasteiger partial charge in [0.05, 0.1) is 30.5 Å². The van der Waals surface area contributed by atoms with Gasteiger partial charge in [0.1, 0.15) is 6.04 Å². The number of aliphatic hydroxyl groups is 1. The molecule has 0 spiro atoms. The van der Waals surface area contributed by atoms with E-state index < -0.39 is 18.1 Å². The Morgan fingerprint density at radius 3 is 3.00 bits per heavy atom. The molecule has 1 saturated heterocycles. The summed E-state index contributed by atoms with van der Waals surface area (Å²) in [7, 11) is 1.28. The third-order valence-electron chi connectivity index (χ3n) is 3.97. The lowest BCUT2D eigenvalue weighted by atomic mass is 9.98. The molecule has 1 amide bonds. The van der Waals surface area contributed by atoms with Gasteiger partial charge in [-0.1, -0.05) is 6.07 Å². The lowest BCUT2D eigenvalue weighted by molar-refractivity contribution is -0.148. The number of carbonyl (C=O) groups is 2. The topological polar surface area (TPSA) is 84.1 Å². The average molecular weight is 303 g/mol. The Bertz CT molecular complexity index is 712. The van der Waals surface area contributed by atoms with Crippen molar-refractivity contribution >= 4 is 17.4 Å². The molecular formula is C15H17N3O4. The maximum atomic E-state index is 12.8. The summed E-state index contributed by atoms with van der Waals surface area (Å²) in [6.07, 6.45) is 3.29. The van der Waals surface area contributed by atoms with Crippen LogP contribution in [0.1, 0.15) is 23.2 Å². The van der Waals surface area contributed by atoms with Crippen molar-refractivity contribution in [3.05, 3.63) is 36.2 Å². The monoisotopic (exact) mass is 303 g/mol.